The largest absolute Gasteiger partial charge is 0.281 e. The Balaban J connectivity index is 0. The van der Waals surface area contributed by atoms with Crippen molar-refractivity contribution in [1.82, 2.24) is 0 Å². The van der Waals surface area contributed by atoms with Crippen molar-refractivity contribution in [3.63, 3.8) is 0 Å². The van der Waals surface area contributed by atoms with Crippen molar-refractivity contribution >= 4 is 29.3 Å². The summed E-state index contributed by atoms with van der Waals surface area (Å²) in [6.07, 6.45) is 0.488. The van der Waals surface area contributed by atoms with Crippen molar-refractivity contribution < 1.29 is 4.79 Å². The van der Waals surface area contributed by atoms with E-state index in [1.807, 2.05) is 13.8 Å². The van der Waals surface area contributed by atoms with Crippen LogP contribution < -0.4 is 0 Å². The van der Waals surface area contributed by atoms with Gasteiger partial charge >= 0.3 is 0 Å². The zero-order chi connectivity index (χ0) is 5.86. The monoisotopic (exact) mass is 156 g/mol. The van der Waals surface area contributed by atoms with Crippen LogP contribution in [0.25, 0.3) is 0 Å². The lowest BCUT2D eigenvalue weighted by molar-refractivity contribution is -0.112. The van der Waals surface area contributed by atoms with Crippen LogP contribution in [0, 0.1) is 5.92 Å². The second-order valence-electron chi connectivity index (χ2n) is 1.95. The standard InChI is InChI=1S/C5H9ClO.ClH/c1-4(2)3-5(6)7;/h4H,3H2,1-2H3;1H. The topological polar surface area (TPSA) is 17.1 Å². The number of carbonyl (C=O) groups excluding carboxylic acids is 1. The minimum Gasteiger partial charge on any atom is -0.281 e. The van der Waals surface area contributed by atoms with E-state index in [1.54, 1.807) is 0 Å². The van der Waals surface area contributed by atoms with Gasteiger partial charge in [0.05, 0.1) is 0 Å². The van der Waals surface area contributed by atoms with Crippen molar-refractivity contribution in [2.45, 2.75) is 20.3 Å². The Bertz CT molecular complexity index is 70.8. The Labute approximate surface area is 60.8 Å². The van der Waals surface area contributed by atoms with Crippen molar-refractivity contribution in [2.75, 3.05) is 0 Å². The van der Waals surface area contributed by atoms with E-state index in [4.69, 9.17) is 11.6 Å². The molecule has 0 aliphatic heterocycles. The fourth-order valence-electron chi connectivity index (χ4n) is 0.321. The van der Waals surface area contributed by atoms with E-state index in [0.29, 0.717) is 12.3 Å². The first-order valence-electron chi connectivity index (χ1n) is 2.31. The molecule has 0 heterocycles. The third kappa shape index (κ3) is 9.54. The van der Waals surface area contributed by atoms with Crippen molar-refractivity contribution in [3.8, 4) is 0 Å². The first-order chi connectivity index (χ1) is 3.13. The molecule has 3 heteroatoms. The van der Waals surface area contributed by atoms with Crippen LogP contribution in [-0.2, 0) is 4.79 Å². The SMILES string of the molecule is CC(C)CC(=O)Cl.Cl. The maximum absolute atomic E-state index is 10.0. The minimum atomic E-state index is -0.241. The predicted octanol–water partition coefficient (Wildman–Crippen LogP) is 2.22. The van der Waals surface area contributed by atoms with Crippen LogP contribution in [-0.4, -0.2) is 5.24 Å². The van der Waals surface area contributed by atoms with Gasteiger partial charge in [0.1, 0.15) is 0 Å². The highest BCUT2D eigenvalue weighted by atomic mass is 35.5. The minimum absolute atomic E-state index is 0. The van der Waals surface area contributed by atoms with Gasteiger partial charge in [-0.1, -0.05) is 13.8 Å². The highest BCUT2D eigenvalue weighted by molar-refractivity contribution is 6.63. The summed E-state index contributed by atoms with van der Waals surface area (Å²) in [5.41, 5.74) is 0. The molecular weight excluding hydrogens is 147 g/mol. The van der Waals surface area contributed by atoms with E-state index < -0.39 is 0 Å². The Hall–Kier alpha value is 0.250. The summed E-state index contributed by atoms with van der Waals surface area (Å²) in [6, 6.07) is 0. The third-order valence-electron chi connectivity index (χ3n) is 0.569. The molecule has 50 valence electrons. The van der Waals surface area contributed by atoms with E-state index in [2.05, 4.69) is 0 Å². The Morgan fingerprint density at radius 1 is 1.62 bits per heavy atom. The number of hydrogen-bond donors (Lipinski definition) is 0. The summed E-state index contributed by atoms with van der Waals surface area (Å²) < 4.78 is 0. The Morgan fingerprint density at radius 3 is 2.00 bits per heavy atom. The van der Waals surface area contributed by atoms with Crippen LogP contribution in [0.15, 0.2) is 0 Å². The summed E-state index contributed by atoms with van der Waals surface area (Å²) in [5.74, 6) is 0.394. The van der Waals surface area contributed by atoms with Gasteiger partial charge in [-0.05, 0) is 17.5 Å². The van der Waals surface area contributed by atoms with Gasteiger partial charge in [0.15, 0.2) is 0 Å². The van der Waals surface area contributed by atoms with Crippen LogP contribution in [0.1, 0.15) is 20.3 Å². The molecule has 0 spiro atoms. The molecule has 0 aliphatic rings. The van der Waals surface area contributed by atoms with Crippen LogP contribution in [0.4, 0.5) is 0 Å². The molecule has 0 saturated carbocycles. The maximum atomic E-state index is 10.0. The van der Waals surface area contributed by atoms with E-state index in [-0.39, 0.29) is 17.6 Å². The molecule has 0 aromatic rings. The summed E-state index contributed by atoms with van der Waals surface area (Å²) >= 11 is 5.03. The van der Waals surface area contributed by atoms with Gasteiger partial charge in [-0.2, -0.15) is 0 Å². The fraction of sp³-hybridized carbons (Fsp3) is 0.800. The molecule has 0 aliphatic carbocycles. The Morgan fingerprint density at radius 2 is 2.00 bits per heavy atom. The molecule has 0 atom stereocenters. The molecule has 0 amide bonds. The normalized spacial score (nSPS) is 8.50. The lowest BCUT2D eigenvalue weighted by Crippen LogP contribution is -1.92. The lowest BCUT2D eigenvalue weighted by atomic mass is 10.2. The zero-order valence-corrected chi connectivity index (χ0v) is 6.55. The molecule has 0 unspecified atom stereocenters. The maximum Gasteiger partial charge on any atom is 0.221 e. The molecule has 0 bridgehead atoms. The van der Waals surface area contributed by atoms with Gasteiger partial charge in [0.2, 0.25) is 5.24 Å². The summed E-state index contributed by atoms with van der Waals surface area (Å²) in [5, 5.41) is -0.241. The average Bonchev–Trinajstić information content (AvgIpc) is 1.27. The van der Waals surface area contributed by atoms with Gasteiger partial charge in [0, 0.05) is 6.42 Å². The number of hydrogen-bond acceptors (Lipinski definition) is 1. The van der Waals surface area contributed by atoms with Gasteiger partial charge in [-0.3, -0.25) is 4.79 Å². The molecule has 0 radical (unpaired) electrons. The molecule has 8 heavy (non-hydrogen) atoms. The predicted molar refractivity (Wildman–Crippen MR) is 37.6 cm³/mol. The third-order valence-corrected chi connectivity index (χ3v) is 0.723. The second-order valence-corrected chi connectivity index (χ2v) is 2.37. The average molecular weight is 157 g/mol. The van der Waals surface area contributed by atoms with Gasteiger partial charge in [0.25, 0.3) is 0 Å². The molecule has 0 fully saturated rings. The second kappa shape index (κ2) is 5.39. The van der Waals surface area contributed by atoms with Crippen LogP contribution >= 0.6 is 24.0 Å². The molecule has 0 rings (SSSR count). The van der Waals surface area contributed by atoms with Gasteiger partial charge < -0.3 is 0 Å². The van der Waals surface area contributed by atoms with E-state index in [0.717, 1.165) is 0 Å². The molecule has 0 aromatic heterocycles. The van der Waals surface area contributed by atoms with E-state index in [1.165, 1.54) is 0 Å². The molecule has 1 nitrogen and oxygen atoms in total. The van der Waals surface area contributed by atoms with Gasteiger partial charge in [-0.15, -0.1) is 12.4 Å². The first kappa shape index (κ1) is 11.1. The first-order valence-corrected chi connectivity index (χ1v) is 2.69. The van der Waals surface area contributed by atoms with Crippen LogP contribution in [0.2, 0.25) is 0 Å². The van der Waals surface area contributed by atoms with E-state index >= 15 is 0 Å². The highest BCUT2D eigenvalue weighted by Gasteiger charge is 1.97. The van der Waals surface area contributed by atoms with Crippen molar-refractivity contribution in [2.24, 2.45) is 5.92 Å². The smallest absolute Gasteiger partial charge is 0.221 e. The molecule has 0 N–H and O–H groups in total. The highest BCUT2D eigenvalue weighted by Crippen LogP contribution is 2.01. The van der Waals surface area contributed by atoms with Gasteiger partial charge in [-0.25, -0.2) is 0 Å². The Kier molecular flexibility index (Phi) is 7.48. The molecular formula is C5H10Cl2O. The quantitative estimate of drug-likeness (QED) is 0.561. The summed E-state index contributed by atoms with van der Waals surface area (Å²) in [7, 11) is 0. The molecule has 0 aromatic carbocycles. The zero-order valence-electron chi connectivity index (χ0n) is 4.98. The van der Waals surface area contributed by atoms with Crippen LogP contribution in [0.5, 0.6) is 0 Å². The lowest BCUT2D eigenvalue weighted by Gasteiger charge is -1.93. The fourth-order valence-corrected chi connectivity index (χ4v) is 0.630. The number of rotatable bonds is 2. The number of carbonyl (C=O) groups is 1. The molecule has 0 saturated heterocycles. The van der Waals surface area contributed by atoms with Crippen molar-refractivity contribution in [3.05, 3.63) is 0 Å². The van der Waals surface area contributed by atoms with Crippen LogP contribution in [0.3, 0.4) is 0 Å². The van der Waals surface area contributed by atoms with Crippen molar-refractivity contribution in [1.29, 1.82) is 0 Å². The van der Waals surface area contributed by atoms with E-state index in [9.17, 15) is 4.79 Å². The number of halogens is 2. The summed E-state index contributed by atoms with van der Waals surface area (Å²) in [4.78, 5) is 10.0. The summed E-state index contributed by atoms with van der Waals surface area (Å²) in [6.45, 7) is 3.92.